The summed E-state index contributed by atoms with van der Waals surface area (Å²) in [5.41, 5.74) is 0.672. The summed E-state index contributed by atoms with van der Waals surface area (Å²) in [5, 5.41) is 0. The number of likely N-dealkylation sites (N-methyl/N-ethyl adjacent to an activating group) is 1. The summed E-state index contributed by atoms with van der Waals surface area (Å²) in [6, 6.07) is 0.210. The van der Waals surface area contributed by atoms with Crippen LogP contribution in [0.2, 0.25) is 0 Å². The van der Waals surface area contributed by atoms with Crippen LogP contribution < -0.4 is 0 Å². The van der Waals surface area contributed by atoms with Crippen molar-refractivity contribution in [3.05, 3.63) is 23.8 Å². The molecular formula is C20H29NO6. The molecule has 0 aromatic heterocycles. The van der Waals surface area contributed by atoms with Gasteiger partial charge in [-0.3, -0.25) is 9.69 Å². The number of ether oxygens (including phenoxy) is 3. The Hall–Kier alpha value is -2.15. The first-order chi connectivity index (χ1) is 12.8. The maximum atomic E-state index is 12.1. The minimum atomic E-state index is -0.579. The molecule has 0 spiro atoms. The lowest BCUT2D eigenvalue weighted by Gasteiger charge is -2.36. The molecule has 0 N–H and O–H groups in total. The Labute approximate surface area is 160 Å². The number of esters is 3. The normalized spacial score (nSPS) is 27.8. The van der Waals surface area contributed by atoms with Crippen molar-refractivity contribution in [3.63, 3.8) is 0 Å². The summed E-state index contributed by atoms with van der Waals surface area (Å²) < 4.78 is 16.0. The Morgan fingerprint density at radius 1 is 1.15 bits per heavy atom. The number of carbonyl (C=O) groups excluding carboxylic acids is 3. The van der Waals surface area contributed by atoms with Crippen molar-refractivity contribution in [2.75, 3.05) is 13.7 Å². The summed E-state index contributed by atoms with van der Waals surface area (Å²) in [5.74, 6) is -1.37. The fourth-order valence-electron chi connectivity index (χ4n) is 3.65. The van der Waals surface area contributed by atoms with Crippen molar-refractivity contribution in [1.29, 1.82) is 0 Å². The molecule has 4 atom stereocenters. The number of allylic oxidation sites excluding steroid dienone is 1. The van der Waals surface area contributed by atoms with Crippen LogP contribution in [-0.2, 0) is 28.6 Å². The molecule has 7 nitrogen and oxygen atoms in total. The average Bonchev–Trinajstić information content (AvgIpc) is 2.79. The van der Waals surface area contributed by atoms with Gasteiger partial charge in [-0.25, -0.2) is 9.59 Å². The zero-order chi connectivity index (χ0) is 20.1. The standard InChI is InChI=1S/C20H29NO6/c1-6-12(3)20(24)27-17-10-14-9-15(11-16(17)21(14)5)26-18(22)8-13(4)19(23)25-7-2/h6,14-17H,4,7-11H2,1-3,5H3/b12-6+/t14?,15-,16?,17-/m1/s1. The highest BCUT2D eigenvalue weighted by atomic mass is 16.6. The van der Waals surface area contributed by atoms with E-state index < -0.39 is 11.9 Å². The molecule has 2 unspecified atom stereocenters. The van der Waals surface area contributed by atoms with Gasteiger partial charge in [0.1, 0.15) is 12.2 Å². The monoisotopic (exact) mass is 379 g/mol. The van der Waals surface area contributed by atoms with E-state index in [1.807, 2.05) is 7.05 Å². The van der Waals surface area contributed by atoms with Gasteiger partial charge >= 0.3 is 17.9 Å². The molecule has 150 valence electrons. The molecule has 0 amide bonds. The molecule has 27 heavy (non-hydrogen) atoms. The van der Waals surface area contributed by atoms with Crippen LogP contribution in [0.5, 0.6) is 0 Å². The van der Waals surface area contributed by atoms with Gasteiger partial charge in [0.15, 0.2) is 0 Å². The van der Waals surface area contributed by atoms with E-state index in [-0.39, 0.29) is 48.9 Å². The van der Waals surface area contributed by atoms with Crippen molar-refractivity contribution in [2.24, 2.45) is 0 Å². The van der Waals surface area contributed by atoms with Gasteiger partial charge in [-0.2, -0.15) is 0 Å². The minimum absolute atomic E-state index is 0.0171. The number of fused-ring (bicyclic) bond motifs is 2. The molecule has 0 aromatic rings. The second-order valence-electron chi connectivity index (χ2n) is 7.12. The van der Waals surface area contributed by atoms with Crippen LogP contribution in [0.1, 0.15) is 46.5 Å². The third-order valence-electron chi connectivity index (χ3n) is 5.31. The molecule has 2 bridgehead atoms. The first-order valence-electron chi connectivity index (χ1n) is 9.37. The van der Waals surface area contributed by atoms with Gasteiger partial charge in [-0.1, -0.05) is 12.7 Å². The molecule has 2 rings (SSSR count). The van der Waals surface area contributed by atoms with Crippen molar-refractivity contribution in [1.82, 2.24) is 4.90 Å². The summed E-state index contributed by atoms with van der Waals surface area (Å²) in [7, 11) is 2.01. The molecule has 2 saturated heterocycles. The maximum Gasteiger partial charge on any atom is 0.333 e. The number of hydrogen-bond acceptors (Lipinski definition) is 7. The molecule has 7 heteroatoms. The number of nitrogens with zero attached hydrogens (tertiary/aromatic N) is 1. The highest BCUT2D eigenvalue weighted by Gasteiger charge is 2.47. The van der Waals surface area contributed by atoms with Gasteiger partial charge in [0.25, 0.3) is 0 Å². The van der Waals surface area contributed by atoms with E-state index >= 15 is 0 Å². The summed E-state index contributed by atoms with van der Waals surface area (Å²) in [4.78, 5) is 38.0. The number of rotatable bonds is 7. The highest BCUT2D eigenvalue weighted by Crippen LogP contribution is 2.37. The quantitative estimate of drug-likeness (QED) is 0.381. The van der Waals surface area contributed by atoms with E-state index in [0.717, 1.165) is 6.42 Å². The fourth-order valence-corrected chi connectivity index (χ4v) is 3.65. The molecule has 0 aromatic carbocycles. The van der Waals surface area contributed by atoms with Gasteiger partial charge in [0.05, 0.1) is 19.1 Å². The van der Waals surface area contributed by atoms with Crippen LogP contribution in [0.3, 0.4) is 0 Å². The van der Waals surface area contributed by atoms with Crippen molar-refractivity contribution in [3.8, 4) is 0 Å². The van der Waals surface area contributed by atoms with E-state index in [2.05, 4.69) is 11.5 Å². The Bertz CT molecular complexity index is 640. The fraction of sp³-hybridized carbons (Fsp3) is 0.650. The first kappa shape index (κ1) is 21.2. The third-order valence-corrected chi connectivity index (χ3v) is 5.31. The predicted molar refractivity (Wildman–Crippen MR) is 98.8 cm³/mol. The Morgan fingerprint density at radius 2 is 1.85 bits per heavy atom. The van der Waals surface area contributed by atoms with Crippen LogP contribution in [0, 0.1) is 0 Å². The van der Waals surface area contributed by atoms with Gasteiger partial charge < -0.3 is 14.2 Å². The summed E-state index contributed by atoms with van der Waals surface area (Å²) >= 11 is 0. The molecule has 2 fully saturated rings. The lowest BCUT2D eigenvalue weighted by molar-refractivity contribution is -0.155. The van der Waals surface area contributed by atoms with Gasteiger partial charge in [0, 0.05) is 36.5 Å². The summed E-state index contributed by atoms with van der Waals surface area (Å²) in [6.07, 6.45) is 3.09. The SMILES string of the molecule is C=C(CC(=O)O[C@@H]1CC2C[C@@H](OC(=O)/C(C)=C/C)C(C1)N2C)C(=O)OCC. The van der Waals surface area contributed by atoms with E-state index in [1.54, 1.807) is 26.8 Å². The predicted octanol–water partition coefficient (Wildman–Crippen LogP) is 2.15. The second-order valence-corrected chi connectivity index (χ2v) is 7.12. The molecule has 2 aliphatic rings. The van der Waals surface area contributed by atoms with Crippen LogP contribution in [0.4, 0.5) is 0 Å². The van der Waals surface area contributed by atoms with Gasteiger partial charge in [-0.15, -0.1) is 0 Å². The van der Waals surface area contributed by atoms with E-state index in [4.69, 9.17) is 14.2 Å². The van der Waals surface area contributed by atoms with Crippen LogP contribution in [0.15, 0.2) is 23.8 Å². The number of hydrogen-bond donors (Lipinski definition) is 0. The van der Waals surface area contributed by atoms with Crippen LogP contribution in [0.25, 0.3) is 0 Å². The molecule has 0 saturated carbocycles. The second kappa shape index (κ2) is 9.17. The minimum Gasteiger partial charge on any atom is -0.463 e. The smallest absolute Gasteiger partial charge is 0.333 e. The molecule has 0 aliphatic carbocycles. The van der Waals surface area contributed by atoms with Gasteiger partial charge in [0.2, 0.25) is 0 Å². The van der Waals surface area contributed by atoms with Crippen LogP contribution in [-0.4, -0.2) is 60.8 Å². The summed E-state index contributed by atoms with van der Waals surface area (Å²) in [6.45, 7) is 9.04. The van der Waals surface area contributed by atoms with Crippen molar-refractivity contribution >= 4 is 17.9 Å². The maximum absolute atomic E-state index is 12.1. The lowest BCUT2D eigenvalue weighted by atomic mass is 10.00. The first-order valence-corrected chi connectivity index (χ1v) is 9.37. The zero-order valence-electron chi connectivity index (χ0n) is 16.5. The zero-order valence-corrected chi connectivity index (χ0v) is 16.5. The van der Waals surface area contributed by atoms with Crippen molar-refractivity contribution < 1.29 is 28.6 Å². The number of carbonyl (C=O) groups is 3. The van der Waals surface area contributed by atoms with E-state index in [0.29, 0.717) is 18.4 Å². The number of piperidine rings is 1. The molecule has 0 radical (unpaired) electrons. The highest BCUT2D eigenvalue weighted by molar-refractivity contribution is 5.93. The van der Waals surface area contributed by atoms with E-state index in [1.165, 1.54) is 0 Å². The average molecular weight is 379 g/mol. The topological polar surface area (TPSA) is 82.1 Å². The van der Waals surface area contributed by atoms with Gasteiger partial charge in [-0.05, 0) is 27.8 Å². The Balaban J connectivity index is 1.90. The Kier molecular flexibility index (Phi) is 7.18. The van der Waals surface area contributed by atoms with Crippen LogP contribution >= 0.6 is 0 Å². The Morgan fingerprint density at radius 3 is 2.48 bits per heavy atom. The van der Waals surface area contributed by atoms with Crippen molar-refractivity contribution in [2.45, 2.75) is 70.7 Å². The molecule has 2 heterocycles. The largest absolute Gasteiger partial charge is 0.463 e. The molecular weight excluding hydrogens is 350 g/mol. The third kappa shape index (κ3) is 5.19. The molecule has 2 aliphatic heterocycles. The lowest BCUT2D eigenvalue weighted by Crippen LogP contribution is -2.46. The van der Waals surface area contributed by atoms with E-state index in [9.17, 15) is 14.4 Å².